The molecule has 2 aromatic rings. The SMILES string of the molecule is CC(C)Oc1nccc2c(NC3CCCC3)cccc12. The molecule has 1 N–H and O–H groups in total. The lowest BCUT2D eigenvalue weighted by Crippen LogP contribution is -2.14. The minimum atomic E-state index is 0.138. The largest absolute Gasteiger partial charge is 0.475 e. The number of ether oxygens (including phenoxy) is 1. The van der Waals surface area contributed by atoms with Crippen molar-refractivity contribution < 1.29 is 4.74 Å². The van der Waals surface area contributed by atoms with Crippen LogP contribution >= 0.6 is 0 Å². The van der Waals surface area contributed by atoms with Crippen LogP contribution in [0.3, 0.4) is 0 Å². The average Bonchev–Trinajstić information content (AvgIpc) is 2.92. The highest BCUT2D eigenvalue weighted by Crippen LogP contribution is 2.31. The molecule has 1 aliphatic carbocycles. The van der Waals surface area contributed by atoms with Gasteiger partial charge in [-0.15, -0.1) is 0 Å². The van der Waals surface area contributed by atoms with Crippen LogP contribution in [0, 0.1) is 0 Å². The number of pyridine rings is 1. The van der Waals surface area contributed by atoms with Crippen LogP contribution in [-0.4, -0.2) is 17.1 Å². The van der Waals surface area contributed by atoms with Crippen LogP contribution in [0.1, 0.15) is 39.5 Å². The second-order valence-electron chi connectivity index (χ2n) is 5.81. The van der Waals surface area contributed by atoms with Gasteiger partial charge in [0.15, 0.2) is 0 Å². The molecule has 0 atom stereocenters. The fourth-order valence-corrected chi connectivity index (χ4v) is 2.91. The quantitative estimate of drug-likeness (QED) is 0.895. The highest BCUT2D eigenvalue weighted by molar-refractivity contribution is 5.96. The van der Waals surface area contributed by atoms with Crippen molar-refractivity contribution >= 4 is 16.5 Å². The summed E-state index contributed by atoms with van der Waals surface area (Å²) in [5, 5.41) is 5.97. The second kappa shape index (κ2) is 5.70. The predicted molar refractivity (Wildman–Crippen MR) is 83.4 cm³/mol. The standard InChI is InChI=1S/C17H22N2O/c1-12(2)20-17-15-8-5-9-16(14(15)10-11-18-17)19-13-6-3-4-7-13/h5,8-13,19H,3-4,6-7H2,1-2H3. The smallest absolute Gasteiger partial charge is 0.221 e. The Labute approximate surface area is 120 Å². The van der Waals surface area contributed by atoms with Gasteiger partial charge in [-0.3, -0.25) is 0 Å². The number of fused-ring (bicyclic) bond motifs is 1. The van der Waals surface area contributed by atoms with Gasteiger partial charge in [-0.1, -0.05) is 18.9 Å². The summed E-state index contributed by atoms with van der Waals surface area (Å²) >= 11 is 0. The van der Waals surface area contributed by atoms with Crippen molar-refractivity contribution in [2.45, 2.75) is 51.7 Å². The van der Waals surface area contributed by atoms with Crippen LogP contribution in [0.4, 0.5) is 5.69 Å². The number of hydrogen-bond donors (Lipinski definition) is 1. The van der Waals surface area contributed by atoms with Crippen LogP contribution in [0.15, 0.2) is 30.5 Å². The summed E-state index contributed by atoms with van der Waals surface area (Å²) in [6, 6.07) is 9.00. The van der Waals surface area contributed by atoms with Crippen molar-refractivity contribution in [2.24, 2.45) is 0 Å². The summed E-state index contributed by atoms with van der Waals surface area (Å²) in [7, 11) is 0. The lowest BCUT2D eigenvalue weighted by molar-refractivity contribution is 0.236. The average molecular weight is 270 g/mol. The van der Waals surface area contributed by atoms with Crippen molar-refractivity contribution in [3.8, 4) is 5.88 Å². The summed E-state index contributed by atoms with van der Waals surface area (Å²) < 4.78 is 5.81. The maximum absolute atomic E-state index is 5.81. The van der Waals surface area contributed by atoms with Gasteiger partial charge in [-0.25, -0.2) is 4.98 Å². The number of nitrogens with one attached hydrogen (secondary N) is 1. The normalized spacial score (nSPS) is 15.9. The zero-order valence-corrected chi connectivity index (χ0v) is 12.2. The van der Waals surface area contributed by atoms with Gasteiger partial charge in [-0.05, 0) is 44.9 Å². The van der Waals surface area contributed by atoms with Crippen LogP contribution < -0.4 is 10.1 Å². The Balaban J connectivity index is 1.96. The molecule has 0 bridgehead atoms. The number of rotatable bonds is 4. The van der Waals surface area contributed by atoms with Crippen molar-refractivity contribution in [1.82, 2.24) is 4.98 Å². The van der Waals surface area contributed by atoms with Gasteiger partial charge < -0.3 is 10.1 Å². The van der Waals surface area contributed by atoms with Gasteiger partial charge >= 0.3 is 0 Å². The molecule has 3 heteroatoms. The highest BCUT2D eigenvalue weighted by Gasteiger charge is 2.16. The van der Waals surface area contributed by atoms with Gasteiger partial charge in [0.2, 0.25) is 5.88 Å². The van der Waals surface area contributed by atoms with E-state index in [4.69, 9.17) is 4.74 Å². The van der Waals surface area contributed by atoms with E-state index in [0.29, 0.717) is 6.04 Å². The molecule has 0 aliphatic heterocycles. The summed E-state index contributed by atoms with van der Waals surface area (Å²) in [6.45, 7) is 4.06. The van der Waals surface area contributed by atoms with Crippen LogP contribution in [-0.2, 0) is 0 Å². The topological polar surface area (TPSA) is 34.1 Å². The van der Waals surface area contributed by atoms with Crippen LogP contribution in [0.5, 0.6) is 5.88 Å². The van der Waals surface area contributed by atoms with Crippen molar-refractivity contribution in [3.63, 3.8) is 0 Å². The van der Waals surface area contributed by atoms with E-state index < -0.39 is 0 Å². The van der Waals surface area contributed by atoms with E-state index in [1.165, 1.54) is 36.8 Å². The van der Waals surface area contributed by atoms with Crippen molar-refractivity contribution in [2.75, 3.05) is 5.32 Å². The second-order valence-corrected chi connectivity index (χ2v) is 5.81. The molecule has 20 heavy (non-hydrogen) atoms. The van der Waals surface area contributed by atoms with Gasteiger partial charge in [0.1, 0.15) is 0 Å². The molecule has 1 heterocycles. The Kier molecular flexibility index (Phi) is 3.77. The molecule has 1 aromatic heterocycles. The fraction of sp³-hybridized carbons (Fsp3) is 0.471. The van der Waals surface area contributed by atoms with E-state index in [-0.39, 0.29) is 6.10 Å². The molecule has 0 unspecified atom stereocenters. The Morgan fingerprint density at radius 3 is 2.70 bits per heavy atom. The molecule has 3 rings (SSSR count). The van der Waals surface area contributed by atoms with Crippen LogP contribution in [0.2, 0.25) is 0 Å². The summed E-state index contributed by atoms with van der Waals surface area (Å²) in [4.78, 5) is 4.37. The van der Waals surface area contributed by atoms with Gasteiger partial charge in [0.25, 0.3) is 0 Å². The van der Waals surface area contributed by atoms with Gasteiger partial charge in [0, 0.05) is 28.7 Å². The third-order valence-electron chi connectivity index (χ3n) is 3.83. The first-order valence-corrected chi connectivity index (χ1v) is 7.55. The number of hydrogen-bond acceptors (Lipinski definition) is 3. The first kappa shape index (κ1) is 13.2. The summed E-state index contributed by atoms with van der Waals surface area (Å²) in [6.07, 6.45) is 7.20. The Morgan fingerprint density at radius 2 is 1.95 bits per heavy atom. The van der Waals surface area contributed by atoms with E-state index in [1.54, 1.807) is 0 Å². The molecule has 0 spiro atoms. The van der Waals surface area contributed by atoms with Gasteiger partial charge in [0.05, 0.1) is 6.10 Å². The molecule has 106 valence electrons. The minimum absolute atomic E-state index is 0.138. The summed E-state index contributed by atoms with van der Waals surface area (Å²) in [5.41, 5.74) is 1.20. The lowest BCUT2D eigenvalue weighted by Gasteiger charge is -2.17. The molecule has 0 amide bonds. The van der Waals surface area contributed by atoms with Crippen molar-refractivity contribution in [1.29, 1.82) is 0 Å². The molecule has 1 fully saturated rings. The molecule has 3 nitrogen and oxygen atoms in total. The number of aromatic nitrogens is 1. The third-order valence-corrected chi connectivity index (χ3v) is 3.83. The molecule has 1 aromatic carbocycles. The first-order valence-electron chi connectivity index (χ1n) is 7.55. The zero-order valence-electron chi connectivity index (χ0n) is 12.2. The van der Waals surface area contributed by atoms with Crippen LogP contribution in [0.25, 0.3) is 10.8 Å². The molecule has 0 radical (unpaired) electrons. The van der Waals surface area contributed by atoms with E-state index in [0.717, 1.165) is 11.3 Å². The summed E-state index contributed by atoms with van der Waals surface area (Å²) in [5.74, 6) is 0.729. The number of anilines is 1. The van der Waals surface area contributed by atoms with E-state index in [1.807, 2.05) is 20.0 Å². The minimum Gasteiger partial charge on any atom is -0.475 e. The molecular formula is C17H22N2O. The Morgan fingerprint density at radius 1 is 1.15 bits per heavy atom. The van der Waals surface area contributed by atoms with E-state index in [2.05, 4.69) is 34.6 Å². The lowest BCUT2D eigenvalue weighted by atomic mass is 10.1. The molecule has 0 saturated heterocycles. The highest BCUT2D eigenvalue weighted by atomic mass is 16.5. The third kappa shape index (κ3) is 2.72. The van der Waals surface area contributed by atoms with E-state index in [9.17, 15) is 0 Å². The zero-order chi connectivity index (χ0) is 13.9. The monoisotopic (exact) mass is 270 g/mol. The predicted octanol–water partition coefficient (Wildman–Crippen LogP) is 4.38. The molecular weight excluding hydrogens is 248 g/mol. The maximum Gasteiger partial charge on any atom is 0.221 e. The Hall–Kier alpha value is -1.77. The Bertz CT molecular complexity index is 589. The number of nitrogens with zero attached hydrogens (tertiary/aromatic N) is 1. The number of benzene rings is 1. The molecule has 1 saturated carbocycles. The van der Waals surface area contributed by atoms with Crippen molar-refractivity contribution in [3.05, 3.63) is 30.5 Å². The van der Waals surface area contributed by atoms with Gasteiger partial charge in [-0.2, -0.15) is 0 Å². The van der Waals surface area contributed by atoms with E-state index >= 15 is 0 Å². The first-order chi connectivity index (χ1) is 9.74. The maximum atomic E-state index is 5.81. The fourth-order valence-electron chi connectivity index (χ4n) is 2.91. The molecule has 1 aliphatic rings.